The van der Waals surface area contributed by atoms with Gasteiger partial charge >= 0.3 is 22.1 Å². The monoisotopic (exact) mass is 483 g/mol. The molecule has 9 heteroatoms. The van der Waals surface area contributed by atoms with Crippen molar-refractivity contribution in [3.63, 3.8) is 0 Å². The van der Waals surface area contributed by atoms with Gasteiger partial charge in [-0.05, 0) is 52.4 Å². The maximum absolute atomic E-state index is 13.3. The Bertz CT molecular complexity index is 912. The van der Waals surface area contributed by atoms with Crippen LogP contribution in [0.3, 0.4) is 0 Å². The van der Waals surface area contributed by atoms with Gasteiger partial charge in [-0.3, -0.25) is 4.28 Å². The van der Waals surface area contributed by atoms with Crippen LogP contribution in [-0.2, 0) is 33.5 Å². The number of hydrogen-bond acceptors (Lipinski definition) is 8. The fourth-order valence-electron chi connectivity index (χ4n) is 2.99. The lowest BCUT2D eigenvalue weighted by molar-refractivity contribution is -0.141. The van der Waals surface area contributed by atoms with E-state index in [1.807, 2.05) is 53.7 Å². The first-order valence-electron chi connectivity index (χ1n) is 11.4. The molecule has 0 heterocycles. The van der Waals surface area contributed by atoms with E-state index in [-0.39, 0.29) is 35.9 Å². The Labute approximate surface area is 197 Å². The van der Waals surface area contributed by atoms with E-state index in [2.05, 4.69) is 5.16 Å². The quantitative estimate of drug-likeness (QED) is 0.178. The van der Waals surface area contributed by atoms with E-state index in [0.29, 0.717) is 24.0 Å². The number of nitrogens with zero attached hydrogens (tertiary/aromatic N) is 1. The van der Waals surface area contributed by atoms with Crippen molar-refractivity contribution in [1.29, 1.82) is 0 Å². The number of rotatable bonds is 12. The highest BCUT2D eigenvalue weighted by atomic mass is 32.2. The minimum absolute atomic E-state index is 0.00357. The lowest BCUT2D eigenvalue weighted by atomic mass is 9.89. The van der Waals surface area contributed by atoms with Gasteiger partial charge in [0.05, 0.1) is 13.2 Å². The van der Waals surface area contributed by atoms with Gasteiger partial charge < -0.3 is 9.47 Å². The molecule has 0 saturated carbocycles. The molecule has 186 valence electrons. The van der Waals surface area contributed by atoms with Crippen LogP contribution in [0.15, 0.2) is 22.2 Å². The predicted octanol–water partition coefficient (Wildman–Crippen LogP) is 5.02. The van der Waals surface area contributed by atoms with Gasteiger partial charge in [-0.2, -0.15) is 8.42 Å². The molecule has 0 saturated heterocycles. The Morgan fingerprint density at radius 2 is 1.24 bits per heavy atom. The minimum Gasteiger partial charge on any atom is -0.461 e. The summed E-state index contributed by atoms with van der Waals surface area (Å²) in [6.45, 7) is 15.3. The van der Waals surface area contributed by atoms with Crippen LogP contribution in [-0.4, -0.2) is 39.3 Å². The molecule has 1 aromatic carbocycles. The van der Waals surface area contributed by atoms with E-state index >= 15 is 0 Å². The lowest BCUT2D eigenvalue weighted by Crippen LogP contribution is -2.29. The summed E-state index contributed by atoms with van der Waals surface area (Å²) in [5.41, 5.74) is 1.33. The second-order valence-electron chi connectivity index (χ2n) is 8.73. The van der Waals surface area contributed by atoms with Crippen LogP contribution < -0.4 is 0 Å². The largest absolute Gasteiger partial charge is 0.461 e. The number of carbonyl (C=O) groups is 2. The smallest absolute Gasteiger partial charge is 0.368 e. The number of hydrogen-bond donors (Lipinski definition) is 0. The van der Waals surface area contributed by atoms with Crippen molar-refractivity contribution in [2.75, 3.05) is 13.2 Å². The normalized spacial score (nSPS) is 11.6. The van der Waals surface area contributed by atoms with Crippen LogP contribution in [0.2, 0.25) is 0 Å². The zero-order valence-corrected chi connectivity index (χ0v) is 21.7. The topological polar surface area (TPSA) is 108 Å². The van der Waals surface area contributed by atoms with Crippen molar-refractivity contribution in [3.8, 4) is 0 Å². The molecule has 0 spiro atoms. The molecule has 8 nitrogen and oxygen atoms in total. The molecule has 0 aliphatic rings. The highest BCUT2D eigenvalue weighted by Crippen LogP contribution is 2.36. The molecule has 1 aromatic rings. The van der Waals surface area contributed by atoms with Gasteiger partial charge in [-0.25, -0.2) is 9.59 Å². The van der Waals surface area contributed by atoms with Crippen LogP contribution in [0.1, 0.15) is 103 Å². The van der Waals surface area contributed by atoms with E-state index in [9.17, 15) is 18.0 Å². The molecule has 1 rings (SSSR count). The summed E-state index contributed by atoms with van der Waals surface area (Å²) in [7, 11) is -4.46. The standard InChI is InChI=1S/C24H37NO7S/c1-9-11-30-23(26)21(24(27)31-12-10-2)25-32-33(28,29)22-19(16(5)6)13-18(15(3)4)14-20(22)17(7)8/h13-17H,9-12H2,1-8H3. The van der Waals surface area contributed by atoms with Crippen molar-refractivity contribution < 1.29 is 31.8 Å². The van der Waals surface area contributed by atoms with Crippen LogP contribution in [0.5, 0.6) is 0 Å². The Balaban J connectivity index is 3.57. The third-order valence-corrected chi connectivity index (χ3v) is 6.06. The second kappa shape index (κ2) is 12.7. The van der Waals surface area contributed by atoms with Crippen molar-refractivity contribution in [1.82, 2.24) is 0 Å². The van der Waals surface area contributed by atoms with E-state index in [1.54, 1.807) is 13.8 Å². The summed E-state index contributed by atoms with van der Waals surface area (Å²) in [6.07, 6.45) is 1.03. The molecule has 0 fully saturated rings. The second-order valence-corrected chi connectivity index (χ2v) is 10.2. The van der Waals surface area contributed by atoms with Gasteiger partial charge in [0.2, 0.25) is 0 Å². The molecule has 0 aromatic heterocycles. The average Bonchev–Trinajstić information content (AvgIpc) is 2.74. The summed E-state index contributed by atoms with van der Waals surface area (Å²) in [5.74, 6) is -2.25. The first-order valence-corrected chi connectivity index (χ1v) is 12.8. The van der Waals surface area contributed by atoms with Gasteiger partial charge in [0.15, 0.2) is 0 Å². The van der Waals surface area contributed by atoms with Crippen LogP contribution >= 0.6 is 0 Å². The Hall–Kier alpha value is -2.42. The van der Waals surface area contributed by atoms with Crippen molar-refractivity contribution in [2.24, 2.45) is 5.16 Å². The molecule has 0 unspecified atom stereocenters. The number of carbonyl (C=O) groups excluding carboxylic acids is 2. The molecule has 33 heavy (non-hydrogen) atoms. The molecular formula is C24H37NO7S. The lowest BCUT2D eigenvalue weighted by Gasteiger charge is -2.21. The summed E-state index contributed by atoms with van der Waals surface area (Å²) in [6, 6.07) is 3.71. The van der Waals surface area contributed by atoms with Crippen molar-refractivity contribution in [2.45, 2.75) is 90.9 Å². The molecular weight excluding hydrogens is 446 g/mol. The fourth-order valence-corrected chi connectivity index (χ4v) is 4.40. The zero-order chi connectivity index (χ0) is 25.3. The number of esters is 2. The Morgan fingerprint density at radius 1 is 0.818 bits per heavy atom. The van der Waals surface area contributed by atoms with E-state index in [1.165, 1.54) is 0 Å². The molecule has 0 aliphatic carbocycles. The van der Waals surface area contributed by atoms with Gasteiger partial charge in [-0.15, -0.1) is 0 Å². The third-order valence-electron chi connectivity index (χ3n) is 4.82. The molecule has 0 radical (unpaired) electrons. The predicted molar refractivity (Wildman–Crippen MR) is 127 cm³/mol. The highest BCUT2D eigenvalue weighted by Gasteiger charge is 2.31. The van der Waals surface area contributed by atoms with Gasteiger partial charge in [0.25, 0.3) is 5.71 Å². The summed E-state index contributed by atoms with van der Waals surface area (Å²) >= 11 is 0. The molecule has 0 atom stereocenters. The van der Waals surface area contributed by atoms with Gasteiger partial charge in [0, 0.05) is 0 Å². The third kappa shape index (κ3) is 7.84. The molecule has 0 aliphatic heterocycles. The summed E-state index contributed by atoms with van der Waals surface area (Å²) < 4.78 is 41.4. The Morgan fingerprint density at radius 3 is 1.58 bits per heavy atom. The fraction of sp³-hybridized carbons (Fsp3) is 0.625. The van der Waals surface area contributed by atoms with Crippen molar-refractivity contribution >= 4 is 27.8 Å². The Kier molecular flexibility index (Phi) is 11.0. The number of benzene rings is 1. The molecule has 0 amide bonds. The van der Waals surface area contributed by atoms with E-state index in [4.69, 9.17) is 13.8 Å². The number of oxime groups is 1. The van der Waals surface area contributed by atoms with Gasteiger partial charge in [-0.1, -0.05) is 67.5 Å². The van der Waals surface area contributed by atoms with Crippen LogP contribution in [0, 0.1) is 0 Å². The minimum atomic E-state index is -4.46. The average molecular weight is 484 g/mol. The van der Waals surface area contributed by atoms with E-state index < -0.39 is 27.8 Å². The summed E-state index contributed by atoms with van der Waals surface area (Å²) in [4.78, 5) is 24.6. The first kappa shape index (κ1) is 28.6. The number of ether oxygens (including phenoxy) is 2. The summed E-state index contributed by atoms with van der Waals surface area (Å²) in [5, 5.41) is 3.42. The van der Waals surface area contributed by atoms with Gasteiger partial charge in [0.1, 0.15) is 4.90 Å². The van der Waals surface area contributed by atoms with Crippen LogP contribution in [0.4, 0.5) is 0 Å². The first-order chi connectivity index (χ1) is 15.4. The van der Waals surface area contributed by atoms with E-state index in [0.717, 1.165) is 5.56 Å². The SMILES string of the molecule is CCCOC(=O)C(=NOS(=O)(=O)c1c(C(C)C)cc(C(C)C)cc1C(C)C)C(=O)OCCC. The van der Waals surface area contributed by atoms with Crippen LogP contribution in [0.25, 0.3) is 0 Å². The van der Waals surface area contributed by atoms with Crippen molar-refractivity contribution in [3.05, 3.63) is 28.8 Å². The zero-order valence-electron chi connectivity index (χ0n) is 20.9. The molecule has 0 N–H and O–H groups in total. The molecule has 0 bridgehead atoms. The maximum atomic E-state index is 13.3. The highest BCUT2D eigenvalue weighted by molar-refractivity contribution is 7.86. The maximum Gasteiger partial charge on any atom is 0.368 e.